The summed E-state index contributed by atoms with van der Waals surface area (Å²) in [5, 5.41) is 1.00. The molecule has 0 fully saturated rings. The molecule has 0 amide bonds. The van der Waals surface area contributed by atoms with Gasteiger partial charge in [-0.15, -0.1) is 0 Å². The maximum atomic E-state index is 13.2. The zero-order valence-electron chi connectivity index (χ0n) is 9.40. The number of nitrogens with two attached hydrogens (primary N) is 1. The van der Waals surface area contributed by atoms with Gasteiger partial charge in [0.05, 0.1) is 5.52 Å². The van der Waals surface area contributed by atoms with E-state index < -0.39 is 0 Å². The average Bonchev–Trinajstić information content (AvgIpc) is 2.55. The highest BCUT2D eigenvalue weighted by Gasteiger charge is 2.11. The van der Waals surface area contributed by atoms with E-state index in [1.165, 1.54) is 12.1 Å². The number of benzene rings is 1. The molecule has 0 unspecified atom stereocenters. The molecule has 1 heterocycles. The SMILES string of the molecule is CC(C)n1c(CON)cc2ccc(F)cc21. The van der Waals surface area contributed by atoms with Crippen molar-refractivity contribution in [1.29, 1.82) is 0 Å². The molecule has 0 saturated carbocycles. The summed E-state index contributed by atoms with van der Waals surface area (Å²) in [6, 6.07) is 6.98. The standard InChI is InChI=1S/C12H15FN2O/c1-8(2)15-11(7-16-14)5-9-3-4-10(13)6-12(9)15/h3-6,8H,7,14H2,1-2H3. The maximum Gasteiger partial charge on any atom is 0.125 e. The normalized spacial score (nSPS) is 11.6. The Balaban J connectivity index is 2.67. The van der Waals surface area contributed by atoms with Crippen molar-refractivity contribution in [1.82, 2.24) is 4.57 Å². The Bertz CT molecular complexity index is 505. The second-order valence-corrected chi connectivity index (χ2v) is 4.11. The van der Waals surface area contributed by atoms with Gasteiger partial charge in [-0.25, -0.2) is 10.3 Å². The van der Waals surface area contributed by atoms with Crippen LogP contribution in [0.3, 0.4) is 0 Å². The van der Waals surface area contributed by atoms with Crippen LogP contribution in [0.25, 0.3) is 10.9 Å². The minimum absolute atomic E-state index is 0.229. The topological polar surface area (TPSA) is 40.2 Å². The van der Waals surface area contributed by atoms with Crippen molar-refractivity contribution < 1.29 is 9.23 Å². The van der Waals surface area contributed by atoms with Crippen LogP contribution in [0, 0.1) is 5.82 Å². The zero-order chi connectivity index (χ0) is 11.7. The molecule has 3 nitrogen and oxygen atoms in total. The monoisotopic (exact) mass is 222 g/mol. The van der Waals surface area contributed by atoms with Gasteiger partial charge in [0.1, 0.15) is 12.4 Å². The number of hydrogen-bond donors (Lipinski definition) is 1. The molecule has 0 atom stereocenters. The lowest BCUT2D eigenvalue weighted by atomic mass is 10.2. The molecule has 2 aromatic rings. The third kappa shape index (κ3) is 1.81. The van der Waals surface area contributed by atoms with E-state index in [0.29, 0.717) is 6.61 Å². The number of aromatic nitrogens is 1. The van der Waals surface area contributed by atoms with Crippen LogP contribution in [0.4, 0.5) is 4.39 Å². The smallest absolute Gasteiger partial charge is 0.125 e. The molecule has 0 aliphatic heterocycles. The molecular weight excluding hydrogens is 207 g/mol. The molecule has 0 saturated heterocycles. The molecule has 1 aromatic carbocycles. The fraction of sp³-hybridized carbons (Fsp3) is 0.333. The first-order chi connectivity index (χ1) is 7.63. The van der Waals surface area contributed by atoms with E-state index >= 15 is 0 Å². The highest BCUT2D eigenvalue weighted by molar-refractivity contribution is 5.81. The first kappa shape index (κ1) is 11.1. The van der Waals surface area contributed by atoms with Crippen LogP contribution in [-0.2, 0) is 11.4 Å². The predicted octanol–water partition coefficient (Wildman–Crippen LogP) is 2.75. The minimum atomic E-state index is -0.229. The minimum Gasteiger partial charge on any atom is -0.340 e. The molecule has 16 heavy (non-hydrogen) atoms. The van der Waals surface area contributed by atoms with E-state index in [4.69, 9.17) is 5.90 Å². The van der Waals surface area contributed by atoms with Crippen LogP contribution in [0.2, 0.25) is 0 Å². The molecule has 0 radical (unpaired) electrons. The Morgan fingerprint density at radius 3 is 2.75 bits per heavy atom. The lowest BCUT2D eigenvalue weighted by molar-refractivity contribution is 0.118. The Hall–Kier alpha value is -1.39. The van der Waals surface area contributed by atoms with Crippen molar-refractivity contribution >= 4 is 10.9 Å². The maximum absolute atomic E-state index is 13.2. The van der Waals surface area contributed by atoms with Crippen LogP contribution in [0.5, 0.6) is 0 Å². The van der Waals surface area contributed by atoms with Crippen LogP contribution in [0.1, 0.15) is 25.6 Å². The number of fused-ring (bicyclic) bond motifs is 1. The fourth-order valence-electron chi connectivity index (χ4n) is 2.06. The molecule has 2 rings (SSSR count). The van der Waals surface area contributed by atoms with Gasteiger partial charge < -0.3 is 4.57 Å². The van der Waals surface area contributed by atoms with Gasteiger partial charge in [0.2, 0.25) is 0 Å². The Morgan fingerprint density at radius 1 is 1.38 bits per heavy atom. The second kappa shape index (κ2) is 4.23. The van der Waals surface area contributed by atoms with Gasteiger partial charge in [-0.05, 0) is 38.1 Å². The van der Waals surface area contributed by atoms with E-state index in [1.54, 1.807) is 6.07 Å². The van der Waals surface area contributed by atoms with Crippen molar-refractivity contribution in [2.45, 2.75) is 26.5 Å². The average molecular weight is 222 g/mol. The predicted molar refractivity (Wildman–Crippen MR) is 61.3 cm³/mol. The van der Waals surface area contributed by atoms with E-state index in [9.17, 15) is 4.39 Å². The molecule has 0 aliphatic carbocycles. The lowest BCUT2D eigenvalue weighted by Gasteiger charge is -2.13. The van der Waals surface area contributed by atoms with Crippen LogP contribution >= 0.6 is 0 Å². The van der Waals surface area contributed by atoms with E-state index in [0.717, 1.165) is 16.6 Å². The third-order valence-corrected chi connectivity index (χ3v) is 2.63. The van der Waals surface area contributed by atoms with Gasteiger partial charge in [-0.2, -0.15) is 0 Å². The van der Waals surface area contributed by atoms with Gasteiger partial charge >= 0.3 is 0 Å². The molecule has 0 aliphatic rings. The van der Waals surface area contributed by atoms with Crippen molar-refractivity contribution in [3.05, 3.63) is 35.8 Å². The van der Waals surface area contributed by atoms with Gasteiger partial charge in [0, 0.05) is 17.1 Å². The molecular formula is C12H15FN2O. The lowest BCUT2D eigenvalue weighted by Crippen LogP contribution is -2.08. The molecule has 1 aromatic heterocycles. The van der Waals surface area contributed by atoms with Gasteiger partial charge in [0.25, 0.3) is 0 Å². The largest absolute Gasteiger partial charge is 0.340 e. The quantitative estimate of drug-likeness (QED) is 0.811. The van der Waals surface area contributed by atoms with Crippen molar-refractivity contribution in [2.24, 2.45) is 5.90 Å². The van der Waals surface area contributed by atoms with E-state index in [1.807, 2.05) is 24.5 Å². The van der Waals surface area contributed by atoms with Crippen molar-refractivity contribution in [3.8, 4) is 0 Å². The molecule has 0 spiro atoms. The van der Waals surface area contributed by atoms with E-state index in [-0.39, 0.29) is 11.9 Å². The fourth-order valence-corrected chi connectivity index (χ4v) is 2.06. The van der Waals surface area contributed by atoms with Gasteiger partial charge in [-0.3, -0.25) is 4.84 Å². The van der Waals surface area contributed by atoms with Crippen molar-refractivity contribution in [2.75, 3.05) is 0 Å². The van der Waals surface area contributed by atoms with Gasteiger partial charge in [-0.1, -0.05) is 0 Å². The highest BCUT2D eigenvalue weighted by Crippen LogP contribution is 2.25. The summed E-state index contributed by atoms with van der Waals surface area (Å²) < 4.78 is 15.2. The molecule has 0 bridgehead atoms. The second-order valence-electron chi connectivity index (χ2n) is 4.11. The summed E-state index contributed by atoms with van der Waals surface area (Å²) in [5.41, 5.74) is 1.83. The molecule has 4 heteroatoms. The Labute approximate surface area is 93.6 Å². The number of hydrogen-bond acceptors (Lipinski definition) is 2. The Kier molecular flexibility index (Phi) is 2.94. The molecule has 2 N–H and O–H groups in total. The summed E-state index contributed by atoms with van der Waals surface area (Å²) in [7, 11) is 0. The van der Waals surface area contributed by atoms with Crippen LogP contribution in [0.15, 0.2) is 24.3 Å². The number of nitrogens with zero attached hydrogens (tertiary/aromatic N) is 1. The third-order valence-electron chi connectivity index (χ3n) is 2.63. The number of halogens is 1. The van der Waals surface area contributed by atoms with Crippen LogP contribution in [-0.4, -0.2) is 4.57 Å². The summed E-state index contributed by atoms with van der Waals surface area (Å²) in [4.78, 5) is 4.66. The first-order valence-electron chi connectivity index (χ1n) is 5.24. The number of rotatable bonds is 3. The van der Waals surface area contributed by atoms with Crippen LogP contribution < -0.4 is 5.90 Å². The zero-order valence-corrected chi connectivity index (χ0v) is 9.40. The van der Waals surface area contributed by atoms with E-state index in [2.05, 4.69) is 4.84 Å². The summed E-state index contributed by atoms with van der Waals surface area (Å²) in [5.74, 6) is 4.86. The summed E-state index contributed by atoms with van der Waals surface area (Å²) >= 11 is 0. The Morgan fingerprint density at radius 2 is 2.12 bits per heavy atom. The summed E-state index contributed by atoms with van der Waals surface area (Å²) in [6.45, 7) is 4.42. The summed E-state index contributed by atoms with van der Waals surface area (Å²) in [6.07, 6.45) is 0. The van der Waals surface area contributed by atoms with Crippen molar-refractivity contribution in [3.63, 3.8) is 0 Å². The highest BCUT2D eigenvalue weighted by atomic mass is 19.1. The molecule has 86 valence electrons. The first-order valence-corrected chi connectivity index (χ1v) is 5.24. The van der Waals surface area contributed by atoms with Gasteiger partial charge in [0.15, 0.2) is 0 Å².